The first-order chi connectivity index (χ1) is 19.8. The Balaban J connectivity index is 1.36. The molecule has 2 unspecified atom stereocenters. The molecule has 0 aliphatic carbocycles. The standard InChI is InChI=1S/C32H35ClN4O4/c1-4-41-32(40)35-19-17-34(18-20-35)26-13-9-24(10-14-26)31(39)36-22(2)21-30(28-7-5-6-8-29(28)36)37(23(3)38)27-15-11-25(33)12-16-27/h5-16,22,30H,4,17-21H2,1-3H3. The van der Waals surface area contributed by atoms with Gasteiger partial charge in [0.15, 0.2) is 0 Å². The van der Waals surface area contributed by atoms with Crippen LogP contribution < -0.4 is 14.7 Å². The Morgan fingerprint density at radius 2 is 1.59 bits per heavy atom. The van der Waals surface area contributed by atoms with E-state index in [-0.39, 0.29) is 30.0 Å². The van der Waals surface area contributed by atoms with E-state index in [1.165, 1.54) is 0 Å². The summed E-state index contributed by atoms with van der Waals surface area (Å²) in [6, 6.07) is 22.4. The molecule has 3 aromatic carbocycles. The van der Waals surface area contributed by atoms with Crippen LogP contribution in [0.5, 0.6) is 0 Å². The molecule has 3 amide bonds. The van der Waals surface area contributed by atoms with Crippen molar-refractivity contribution in [2.45, 2.75) is 39.3 Å². The lowest BCUT2D eigenvalue weighted by Crippen LogP contribution is -2.49. The number of hydrogen-bond acceptors (Lipinski definition) is 5. The van der Waals surface area contributed by atoms with Gasteiger partial charge in [-0.05, 0) is 80.4 Å². The van der Waals surface area contributed by atoms with Crippen molar-refractivity contribution in [1.82, 2.24) is 4.90 Å². The van der Waals surface area contributed by atoms with Gasteiger partial charge in [-0.25, -0.2) is 4.79 Å². The van der Waals surface area contributed by atoms with Crippen LogP contribution in [0.4, 0.5) is 21.9 Å². The van der Waals surface area contributed by atoms with Crippen molar-refractivity contribution in [3.05, 3.63) is 88.9 Å². The summed E-state index contributed by atoms with van der Waals surface area (Å²) >= 11 is 6.11. The smallest absolute Gasteiger partial charge is 0.409 e. The number of para-hydroxylation sites is 1. The van der Waals surface area contributed by atoms with Gasteiger partial charge in [0.05, 0.1) is 12.6 Å². The Hall–Kier alpha value is -4.04. The van der Waals surface area contributed by atoms with Gasteiger partial charge in [-0.1, -0.05) is 29.8 Å². The molecule has 2 atom stereocenters. The molecule has 0 saturated carbocycles. The monoisotopic (exact) mass is 574 g/mol. The summed E-state index contributed by atoms with van der Waals surface area (Å²) in [4.78, 5) is 46.4. The average Bonchev–Trinajstić information content (AvgIpc) is 2.98. The molecule has 5 rings (SSSR count). The zero-order chi connectivity index (χ0) is 29.1. The summed E-state index contributed by atoms with van der Waals surface area (Å²) in [6.07, 6.45) is 0.319. The van der Waals surface area contributed by atoms with E-state index >= 15 is 0 Å². The Bertz CT molecular complexity index is 1400. The third-order valence-corrected chi connectivity index (χ3v) is 8.07. The molecule has 1 fully saturated rings. The van der Waals surface area contributed by atoms with Crippen molar-refractivity contribution < 1.29 is 19.1 Å². The van der Waals surface area contributed by atoms with Gasteiger partial charge in [0.1, 0.15) is 0 Å². The second-order valence-corrected chi connectivity index (χ2v) is 10.9. The highest BCUT2D eigenvalue weighted by Gasteiger charge is 2.38. The summed E-state index contributed by atoms with van der Waals surface area (Å²) < 4.78 is 5.12. The zero-order valence-corrected chi connectivity index (χ0v) is 24.4. The topological polar surface area (TPSA) is 73.4 Å². The number of amides is 3. The highest BCUT2D eigenvalue weighted by Crippen LogP contribution is 2.43. The number of piperazine rings is 1. The van der Waals surface area contributed by atoms with Gasteiger partial charge in [-0.15, -0.1) is 0 Å². The van der Waals surface area contributed by atoms with Crippen molar-refractivity contribution >= 4 is 46.6 Å². The van der Waals surface area contributed by atoms with Crippen molar-refractivity contribution in [3.8, 4) is 0 Å². The number of fused-ring (bicyclic) bond motifs is 1. The Morgan fingerprint density at radius 1 is 0.927 bits per heavy atom. The van der Waals surface area contributed by atoms with E-state index in [2.05, 4.69) is 4.90 Å². The van der Waals surface area contributed by atoms with Gasteiger partial charge in [0.25, 0.3) is 5.91 Å². The van der Waals surface area contributed by atoms with E-state index in [0.717, 1.165) is 22.6 Å². The number of hydrogen-bond donors (Lipinski definition) is 0. The first kappa shape index (κ1) is 28.5. The van der Waals surface area contributed by atoms with Crippen molar-refractivity contribution in [1.29, 1.82) is 0 Å². The number of nitrogens with zero attached hydrogens (tertiary/aromatic N) is 4. The van der Waals surface area contributed by atoms with Gasteiger partial charge in [0.2, 0.25) is 5.91 Å². The molecule has 9 heteroatoms. The van der Waals surface area contributed by atoms with Crippen LogP contribution >= 0.6 is 11.6 Å². The van der Waals surface area contributed by atoms with Crippen LogP contribution in [-0.4, -0.2) is 61.6 Å². The molecule has 0 bridgehead atoms. The molecule has 1 saturated heterocycles. The molecule has 2 aliphatic rings. The first-order valence-electron chi connectivity index (χ1n) is 14.0. The maximum Gasteiger partial charge on any atom is 0.409 e. The molecule has 41 heavy (non-hydrogen) atoms. The minimum absolute atomic E-state index is 0.0715. The largest absolute Gasteiger partial charge is 0.450 e. The number of carbonyl (C=O) groups excluding carboxylic acids is 3. The zero-order valence-electron chi connectivity index (χ0n) is 23.6. The summed E-state index contributed by atoms with van der Waals surface area (Å²) in [5.41, 5.74) is 4.12. The van der Waals surface area contributed by atoms with Crippen molar-refractivity contribution in [2.75, 3.05) is 47.5 Å². The number of halogens is 1. The van der Waals surface area contributed by atoms with E-state index < -0.39 is 0 Å². The molecular weight excluding hydrogens is 540 g/mol. The van der Waals surface area contributed by atoms with Gasteiger partial charge in [0, 0.05) is 66.8 Å². The Morgan fingerprint density at radius 3 is 2.22 bits per heavy atom. The molecule has 2 heterocycles. The van der Waals surface area contributed by atoms with Crippen LogP contribution in [0, 0.1) is 0 Å². The summed E-state index contributed by atoms with van der Waals surface area (Å²) in [7, 11) is 0. The summed E-state index contributed by atoms with van der Waals surface area (Å²) in [5, 5.41) is 0.608. The molecule has 0 radical (unpaired) electrons. The summed E-state index contributed by atoms with van der Waals surface area (Å²) in [6.45, 7) is 8.35. The molecule has 214 valence electrons. The maximum absolute atomic E-state index is 13.9. The molecular formula is C32H35ClN4O4. The minimum atomic E-state index is -0.272. The number of carbonyl (C=O) groups is 3. The first-order valence-corrected chi connectivity index (χ1v) is 14.4. The van der Waals surface area contributed by atoms with Crippen LogP contribution in [0.15, 0.2) is 72.8 Å². The minimum Gasteiger partial charge on any atom is -0.450 e. The number of benzene rings is 3. The predicted molar refractivity (Wildman–Crippen MR) is 162 cm³/mol. The lowest BCUT2D eigenvalue weighted by Gasteiger charge is -2.43. The fraction of sp³-hybridized carbons (Fsp3) is 0.344. The fourth-order valence-electron chi connectivity index (χ4n) is 5.83. The number of rotatable bonds is 5. The third kappa shape index (κ3) is 5.88. The fourth-order valence-corrected chi connectivity index (χ4v) is 5.96. The van der Waals surface area contributed by atoms with Crippen LogP contribution in [0.2, 0.25) is 5.02 Å². The van der Waals surface area contributed by atoms with Crippen LogP contribution in [0.3, 0.4) is 0 Å². The molecule has 3 aromatic rings. The highest BCUT2D eigenvalue weighted by molar-refractivity contribution is 6.30. The van der Waals surface area contributed by atoms with Gasteiger partial charge in [-0.3, -0.25) is 9.59 Å². The second kappa shape index (κ2) is 12.2. The maximum atomic E-state index is 13.9. The highest BCUT2D eigenvalue weighted by atomic mass is 35.5. The average molecular weight is 575 g/mol. The van der Waals surface area contributed by atoms with Crippen molar-refractivity contribution in [3.63, 3.8) is 0 Å². The second-order valence-electron chi connectivity index (χ2n) is 10.4. The van der Waals surface area contributed by atoms with Crippen molar-refractivity contribution in [2.24, 2.45) is 0 Å². The third-order valence-electron chi connectivity index (χ3n) is 7.82. The van der Waals surface area contributed by atoms with Crippen LogP contribution in [0.1, 0.15) is 49.2 Å². The SMILES string of the molecule is CCOC(=O)N1CCN(c2ccc(C(=O)N3c4ccccc4C(N(C(C)=O)c4ccc(Cl)cc4)CC3C)cc2)CC1. The molecule has 2 aliphatic heterocycles. The van der Waals surface area contributed by atoms with Gasteiger partial charge < -0.3 is 24.3 Å². The number of ether oxygens (including phenoxy) is 1. The van der Waals surface area contributed by atoms with E-state index in [1.807, 2.05) is 72.5 Å². The number of anilines is 3. The molecule has 0 aromatic heterocycles. The molecule has 0 spiro atoms. The van der Waals surface area contributed by atoms with Crippen LogP contribution in [0.25, 0.3) is 0 Å². The predicted octanol–water partition coefficient (Wildman–Crippen LogP) is 6.15. The van der Waals surface area contributed by atoms with E-state index in [1.54, 1.807) is 35.8 Å². The normalized spacial score (nSPS) is 18.5. The van der Waals surface area contributed by atoms with E-state index in [4.69, 9.17) is 16.3 Å². The van der Waals surface area contributed by atoms with E-state index in [0.29, 0.717) is 49.8 Å². The molecule has 0 N–H and O–H groups in total. The van der Waals surface area contributed by atoms with Gasteiger partial charge >= 0.3 is 6.09 Å². The van der Waals surface area contributed by atoms with E-state index in [9.17, 15) is 14.4 Å². The van der Waals surface area contributed by atoms with Gasteiger partial charge in [-0.2, -0.15) is 0 Å². The summed E-state index contributed by atoms with van der Waals surface area (Å²) in [5.74, 6) is -0.152. The van der Waals surface area contributed by atoms with Crippen LogP contribution in [-0.2, 0) is 9.53 Å². The molecule has 8 nitrogen and oxygen atoms in total. The Labute approximate surface area is 246 Å². The lowest BCUT2D eigenvalue weighted by molar-refractivity contribution is -0.117. The Kier molecular flexibility index (Phi) is 8.49. The quantitative estimate of drug-likeness (QED) is 0.365. The lowest BCUT2D eigenvalue weighted by atomic mass is 9.89.